The van der Waals surface area contributed by atoms with E-state index in [1.165, 1.54) is 11.6 Å². The fourth-order valence-corrected chi connectivity index (χ4v) is 10.7. The van der Waals surface area contributed by atoms with E-state index in [2.05, 4.69) is 215 Å². The number of rotatable bonds is 9. The van der Waals surface area contributed by atoms with Gasteiger partial charge in [-0.15, -0.1) is 29.3 Å². The maximum Gasteiger partial charge on any atom is 0.148 e. The van der Waals surface area contributed by atoms with E-state index in [0.717, 1.165) is 94.7 Å². The molecular formula is C76H80N3OPt-. The van der Waals surface area contributed by atoms with Gasteiger partial charge in [0.15, 0.2) is 0 Å². The number of aromatic nitrogens is 3. The summed E-state index contributed by atoms with van der Waals surface area (Å²) in [4.78, 5) is 10.8. The molecule has 0 aliphatic carbocycles. The minimum Gasteiger partial charge on any atom is -0.507 e. The van der Waals surface area contributed by atoms with Gasteiger partial charge in [-0.2, -0.15) is 0 Å². The van der Waals surface area contributed by atoms with E-state index in [-0.39, 0.29) is 48.6 Å². The first-order valence-corrected chi connectivity index (χ1v) is 28.1. The molecule has 0 aliphatic heterocycles. The first kappa shape index (κ1) is 52.0. The molecule has 0 aliphatic rings. The number of para-hydroxylation sites is 1. The number of hydrogen-bond donors (Lipinski definition) is 1. The molecular weight excluding hydrogens is 1170 g/mol. The minimum absolute atomic E-state index is 0. The van der Waals surface area contributed by atoms with E-state index in [1.54, 1.807) is 12.1 Å². The molecule has 10 rings (SSSR count). The Morgan fingerprint density at radius 2 is 1.04 bits per heavy atom. The van der Waals surface area contributed by atoms with Crippen LogP contribution in [0.3, 0.4) is 0 Å². The van der Waals surface area contributed by atoms with E-state index in [9.17, 15) is 5.11 Å². The number of phenolic OH excluding ortho intramolecular Hbond substituents is 1. The zero-order chi connectivity index (χ0) is 61.6. The van der Waals surface area contributed by atoms with E-state index in [1.807, 2.05) is 57.3 Å². The summed E-state index contributed by atoms with van der Waals surface area (Å²) in [6.07, 6.45) is 0.0715. The van der Waals surface area contributed by atoms with Crippen LogP contribution in [0.25, 0.3) is 95.0 Å². The number of hydrogen-bond acceptors (Lipinski definition) is 3. The zero-order valence-corrected chi connectivity index (χ0v) is 52.1. The Bertz CT molecular complexity index is 4090. The molecule has 0 fully saturated rings. The standard InChI is InChI=1S/C76H80N3O.Pt/c1-48-38-49(47-72(2,3)4)30-35-60(48)53-33-31-50(32-34-53)54-36-37-77-66(42-54)56-39-55(40-57(41-56)73(5,6)7)61-28-23-29-67-68(61)78-71(64-45-59(75(11,12)13)46-65(70(64)80)76(14,15)16)79(67)69-62(51-24-19-17-20-25-51)43-58(74(8,9)10)44-63(69)52-26-21-18-22-27-52;/h17-38,40-46,80H,47H2,1-16H3;/q-1;/i1D3,47D2;. The largest absolute Gasteiger partial charge is 0.507 e. The van der Waals surface area contributed by atoms with Crippen LogP contribution in [0.1, 0.15) is 144 Å². The number of aromatic hydroxyl groups is 1. The third-order valence-electron chi connectivity index (χ3n) is 15.2. The van der Waals surface area contributed by atoms with Crippen molar-refractivity contribution in [1.29, 1.82) is 0 Å². The third kappa shape index (κ3) is 12.2. The fraction of sp³-hybridized carbons (Fsp3) is 0.289. The summed E-state index contributed by atoms with van der Waals surface area (Å²) in [5.74, 6) is 0.824. The van der Waals surface area contributed by atoms with E-state index in [0.29, 0.717) is 22.5 Å². The van der Waals surface area contributed by atoms with Gasteiger partial charge in [-0.1, -0.05) is 242 Å². The Balaban J connectivity index is 0.00000884. The molecule has 2 aromatic heterocycles. The molecule has 0 atom stereocenters. The third-order valence-corrected chi connectivity index (χ3v) is 15.2. The molecule has 0 saturated carbocycles. The number of nitrogens with zero attached hydrogens (tertiary/aromatic N) is 3. The summed E-state index contributed by atoms with van der Waals surface area (Å²) in [5, 5.41) is 12.9. The van der Waals surface area contributed by atoms with Crippen molar-refractivity contribution in [3.63, 3.8) is 0 Å². The van der Waals surface area contributed by atoms with Crippen LogP contribution in [0.5, 0.6) is 5.75 Å². The molecule has 0 radical (unpaired) electrons. The minimum atomic E-state index is -2.46. The van der Waals surface area contributed by atoms with Crippen LogP contribution >= 0.6 is 0 Å². The molecule has 81 heavy (non-hydrogen) atoms. The Morgan fingerprint density at radius 1 is 0.494 bits per heavy atom. The smallest absolute Gasteiger partial charge is 0.148 e. The van der Waals surface area contributed by atoms with Crippen molar-refractivity contribution in [3.8, 4) is 89.7 Å². The molecule has 5 heteroatoms. The van der Waals surface area contributed by atoms with Gasteiger partial charge in [-0.3, -0.25) is 9.55 Å². The van der Waals surface area contributed by atoms with Crippen LogP contribution in [0.2, 0.25) is 0 Å². The van der Waals surface area contributed by atoms with Gasteiger partial charge >= 0.3 is 0 Å². The molecule has 416 valence electrons. The van der Waals surface area contributed by atoms with Crippen molar-refractivity contribution < 1.29 is 33.0 Å². The monoisotopic (exact) mass is 1250 g/mol. The second-order valence-corrected chi connectivity index (χ2v) is 26.9. The zero-order valence-electron chi connectivity index (χ0n) is 54.8. The summed E-state index contributed by atoms with van der Waals surface area (Å²) in [6.45, 7) is 29.6. The second kappa shape index (κ2) is 22.0. The maximum atomic E-state index is 12.9. The summed E-state index contributed by atoms with van der Waals surface area (Å²) in [7, 11) is 0. The number of pyridine rings is 1. The number of benzene rings is 8. The van der Waals surface area contributed by atoms with E-state index in [4.69, 9.17) is 16.8 Å². The van der Waals surface area contributed by atoms with E-state index >= 15 is 0 Å². The molecule has 0 saturated heterocycles. The van der Waals surface area contributed by atoms with Crippen LogP contribution in [0, 0.1) is 18.3 Å². The van der Waals surface area contributed by atoms with Gasteiger partial charge in [0.1, 0.15) is 11.6 Å². The molecule has 0 amide bonds. The molecule has 10 aromatic rings. The maximum absolute atomic E-state index is 12.9. The van der Waals surface area contributed by atoms with Crippen molar-refractivity contribution in [2.24, 2.45) is 5.41 Å². The van der Waals surface area contributed by atoms with Crippen molar-refractivity contribution in [2.45, 2.75) is 139 Å². The quantitative estimate of drug-likeness (QED) is 0.147. The predicted octanol–water partition coefficient (Wildman–Crippen LogP) is 20.7. The van der Waals surface area contributed by atoms with Gasteiger partial charge in [0, 0.05) is 56.5 Å². The van der Waals surface area contributed by atoms with Crippen LogP contribution in [-0.2, 0) is 49.1 Å². The number of aryl methyl sites for hydroxylation is 1. The molecule has 1 N–H and O–H groups in total. The Hall–Kier alpha value is -7.13. The SMILES string of the molecule is [2H]C([2H])([2H])c1cc(C([2H])([2H])C(C)(C)C)ccc1-c1ccc(-c2ccnc(-c3[c-]c(-c4cccc5c4nc(-c4cc(C(C)(C)C)cc(C(C)(C)C)c4O)n5-c4c(-c5ccccc5)cc(C(C)(C)C)cc4-c4ccccc4)cc(C(C)(C)C)c3)c2)cc1.[Pt]. The van der Waals surface area contributed by atoms with Crippen LogP contribution in [-0.4, -0.2) is 19.6 Å². The Labute approximate surface area is 505 Å². The summed E-state index contributed by atoms with van der Waals surface area (Å²) >= 11 is 0. The molecule has 0 unspecified atom stereocenters. The van der Waals surface area contributed by atoms with Gasteiger partial charge < -0.3 is 5.11 Å². The van der Waals surface area contributed by atoms with Gasteiger partial charge in [0.25, 0.3) is 0 Å². The van der Waals surface area contributed by atoms with Gasteiger partial charge in [-0.05, 0) is 126 Å². The average Bonchev–Trinajstić information content (AvgIpc) is 1.54. The molecule has 0 spiro atoms. The van der Waals surface area contributed by atoms with Crippen LogP contribution < -0.4 is 0 Å². The molecule has 2 heterocycles. The molecule has 4 nitrogen and oxygen atoms in total. The predicted molar refractivity (Wildman–Crippen MR) is 340 cm³/mol. The number of imidazole rings is 1. The number of fused-ring (bicyclic) bond motifs is 1. The van der Waals surface area contributed by atoms with Gasteiger partial charge in [0.05, 0.1) is 22.3 Å². The summed E-state index contributed by atoms with van der Waals surface area (Å²) < 4.78 is 45.6. The van der Waals surface area contributed by atoms with Crippen molar-refractivity contribution in [1.82, 2.24) is 14.5 Å². The van der Waals surface area contributed by atoms with Crippen LogP contribution in [0.15, 0.2) is 176 Å². The Morgan fingerprint density at radius 3 is 1.60 bits per heavy atom. The Kier molecular flexibility index (Phi) is 14.1. The summed E-state index contributed by atoms with van der Waals surface area (Å²) in [6, 6.07) is 61.8. The van der Waals surface area contributed by atoms with Gasteiger partial charge in [0.2, 0.25) is 0 Å². The molecule has 8 aromatic carbocycles. The fourth-order valence-electron chi connectivity index (χ4n) is 10.7. The van der Waals surface area contributed by atoms with Crippen molar-refractivity contribution >= 4 is 11.0 Å². The number of phenols is 1. The first-order chi connectivity index (χ1) is 39.6. The normalized spacial score (nSPS) is 13.7. The van der Waals surface area contributed by atoms with Crippen molar-refractivity contribution in [2.75, 3.05) is 0 Å². The summed E-state index contributed by atoms with van der Waals surface area (Å²) in [5.41, 5.74) is 16.6. The first-order valence-electron chi connectivity index (χ1n) is 30.6. The van der Waals surface area contributed by atoms with Gasteiger partial charge in [-0.25, -0.2) is 4.98 Å². The second-order valence-electron chi connectivity index (χ2n) is 26.9. The van der Waals surface area contributed by atoms with E-state index < -0.39 is 24.1 Å². The average molecular weight is 1250 g/mol. The van der Waals surface area contributed by atoms with Crippen LogP contribution in [0.4, 0.5) is 0 Å². The van der Waals surface area contributed by atoms with Crippen molar-refractivity contribution in [3.05, 3.63) is 216 Å². The molecule has 0 bridgehead atoms. The topological polar surface area (TPSA) is 50.9 Å².